The number of halogens is 5. The van der Waals surface area contributed by atoms with Gasteiger partial charge in [0.15, 0.2) is 0 Å². The van der Waals surface area contributed by atoms with E-state index >= 15 is 0 Å². The maximum absolute atomic E-state index is 13.5. The largest absolute Gasteiger partial charge is 0.416 e. The minimum atomic E-state index is -4.46. The number of aromatic nitrogens is 3. The van der Waals surface area contributed by atoms with Crippen molar-refractivity contribution in [2.45, 2.75) is 44.5 Å². The molecule has 1 aromatic carbocycles. The number of anilines is 1. The van der Waals surface area contributed by atoms with E-state index < -0.39 is 29.3 Å². The number of benzene rings is 1. The highest BCUT2D eigenvalue weighted by Crippen LogP contribution is 2.48. The number of alkyl halides is 5. The quantitative estimate of drug-likeness (QED) is 0.614. The summed E-state index contributed by atoms with van der Waals surface area (Å²) >= 11 is 0. The fourth-order valence-electron chi connectivity index (χ4n) is 3.44. The van der Waals surface area contributed by atoms with Gasteiger partial charge in [-0.1, -0.05) is 12.1 Å². The lowest BCUT2D eigenvalue weighted by atomic mass is 10.1. The van der Waals surface area contributed by atoms with Crippen molar-refractivity contribution in [2.75, 3.05) is 5.32 Å². The molecule has 0 spiro atoms. The van der Waals surface area contributed by atoms with Crippen molar-refractivity contribution in [3.63, 3.8) is 0 Å². The molecule has 3 aromatic rings. The van der Waals surface area contributed by atoms with Gasteiger partial charge in [-0.3, -0.25) is 4.79 Å². The molecule has 1 aliphatic carbocycles. The lowest BCUT2D eigenvalue weighted by Gasteiger charge is -2.19. The van der Waals surface area contributed by atoms with Gasteiger partial charge >= 0.3 is 6.18 Å². The Labute approximate surface area is 167 Å². The van der Waals surface area contributed by atoms with Crippen LogP contribution in [0, 0.1) is 6.92 Å². The van der Waals surface area contributed by atoms with E-state index in [1.165, 1.54) is 24.4 Å². The summed E-state index contributed by atoms with van der Waals surface area (Å²) in [5, 5.41) is 3.30. The average Bonchev–Trinajstić information content (AvgIpc) is 3.47. The highest BCUT2D eigenvalue weighted by Gasteiger charge is 2.53. The molecule has 1 aliphatic rings. The van der Waals surface area contributed by atoms with Gasteiger partial charge in [-0.25, -0.2) is 18.7 Å². The summed E-state index contributed by atoms with van der Waals surface area (Å²) in [6, 6.07) is 6.02. The highest BCUT2D eigenvalue weighted by molar-refractivity contribution is 5.88. The average molecular weight is 424 g/mol. The van der Waals surface area contributed by atoms with E-state index in [1.807, 2.05) is 0 Å². The molecule has 1 fully saturated rings. The zero-order valence-corrected chi connectivity index (χ0v) is 15.8. The minimum absolute atomic E-state index is 0.0224. The van der Waals surface area contributed by atoms with Gasteiger partial charge in [0.1, 0.15) is 17.2 Å². The summed E-state index contributed by atoms with van der Waals surface area (Å²) in [6.07, 6.45) is -5.46. The number of nitrogens with zero attached hydrogens (tertiary/aromatic N) is 3. The SMILES string of the molecule is Cc1nc(NCc2cccc(C(F)(F)F)c2)c2cn(C3(C(F)F)CC3)c(=O)cc2n1. The van der Waals surface area contributed by atoms with E-state index in [0.29, 0.717) is 16.8 Å². The molecule has 2 aromatic heterocycles. The van der Waals surface area contributed by atoms with Gasteiger partial charge in [0.25, 0.3) is 12.0 Å². The first-order valence-electron chi connectivity index (χ1n) is 9.20. The van der Waals surface area contributed by atoms with Gasteiger partial charge in [-0.2, -0.15) is 13.2 Å². The third-order valence-electron chi connectivity index (χ3n) is 5.21. The molecule has 0 aliphatic heterocycles. The second-order valence-electron chi connectivity index (χ2n) is 7.36. The van der Waals surface area contributed by atoms with E-state index in [0.717, 1.165) is 16.7 Å². The first kappa shape index (κ1) is 20.2. The number of fused-ring (bicyclic) bond motifs is 1. The molecule has 0 unspecified atom stereocenters. The monoisotopic (exact) mass is 424 g/mol. The molecule has 0 amide bonds. The maximum atomic E-state index is 13.5. The fourth-order valence-corrected chi connectivity index (χ4v) is 3.44. The molecule has 0 radical (unpaired) electrons. The Morgan fingerprint density at radius 1 is 1.20 bits per heavy atom. The molecule has 0 saturated heterocycles. The van der Waals surface area contributed by atoms with Crippen molar-refractivity contribution in [3.8, 4) is 0 Å². The first-order valence-corrected chi connectivity index (χ1v) is 9.20. The van der Waals surface area contributed by atoms with E-state index in [4.69, 9.17) is 0 Å². The van der Waals surface area contributed by atoms with Crippen molar-refractivity contribution in [1.29, 1.82) is 0 Å². The van der Waals surface area contributed by atoms with Gasteiger partial charge in [0, 0.05) is 18.8 Å². The van der Waals surface area contributed by atoms with E-state index in [2.05, 4.69) is 15.3 Å². The first-order chi connectivity index (χ1) is 14.1. The third kappa shape index (κ3) is 3.61. The minimum Gasteiger partial charge on any atom is -0.365 e. The zero-order valence-electron chi connectivity index (χ0n) is 15.8. The number of aryl methyl sites for hydroxylation is 1. The van der Waals surface area contributed by atoms with E-state index in [9.17, 15) is 26.7 Å². The Morgan fingerprint density at radius 2 is 1.93 bits per heavy atom. The van der Waals surface area contributed by atoms with Crippen LogP contribution in [-0.4, -0.2) is 21.0 Å². The van der Waals surface area contributed by atoms with Crippen LogP contribution in [0.2, 0.25) is 0 Å². The van der Waals surface area contributed by atoms with Crippen molar-refractivity contribution in [1.82, 2.24) is 14.5 Å². The van der Waals surface area contributed by atoms with E-state index in [-0.39, 0.29) is 30.7 Å². The molecule has 30 heavy (non-hydrogen) atoms. The van der Waals surface area contributed by atoms with Gasteiger partial charge in [-0.15, -0.1) is 0 Å². The van der Waals surface area contributed by atoms with Crippen molar-refractivity contribution < 1.29 is 22.0 Å². The Hall–Kier alpha value is -3.04. The molecule has 0 atom stereocenters. The summed E-state index contributed by atoms with van der Waals surface area (Å²) in [5.74, 6) is 0.593. The molecule has 5 nitrogen and oxygen atoms in total. The van der Waals surface area contributed by atoms with E-state index in [1.54, 1.807) is 6.92 Å². The molecule has 0 bridgehead atoms. The maximum Gasteiger partial charge on any atom is 0.416 e. The van der Waals surface area contributed by atoms with Crippen molar-refractivity contribution in [2.24, 2.45) is 0 Å². The molecule has 158 valence electrons. The highest BCUT2D eigenvalue weighted by atomic mass is 19.4. The van der Waals surface area contributed by atoms with Crippen LogP contribution in [0.15, 0.2) is 41.3 Å². The van der Waals surface area contributed by atoms with Crippen molar-refractivity contribution in [3.05, 3.63) is 63.8 Å². The van der Waals surface area contributed by atoms with Crippen LogP contribution >= 0.6 is 0 Å². The molecule has 2 heterocycles. The Balaban J connectivity index is 1.71. The normalized spacial score (nSPS) is 15.6. The summed E-state index contributed by atoms with van der Waals surface area (Å²) < 4.78 is 66.8. The number of rotatable bonds is 5. The Kier molecular flexibility index (Phi) is 4.74. The van der Waals surface area contributed by atoms with Crippen LogP contribution in [0.1, 0.15) is 29.8 Å². The number of nitrogens with one attached hydrogen (secondary N) is 1. The second-order valence-corrected chi connectivity index (χ2v) is 7.36. The number of hydrogen-bond donors (Lipinski definition) is 1. The van der Waals surface area contributed by atoms with Gasteiger partial charge in [0.2, 0.25) is 0 Å². The van der Waals surface area contributed by atoms with Crippen molar-refractivity contribution >= 4 is 16.7 Å². The zero-order chi connectivity index (χ0) is 21.7. The Bertz CT molecular complexity index is 1170. The summed E-state index contributed by atoms with van der Waals surface area (Å²) in [4.78, 5) is 20.8. The number of pyridine rings is 1. The van der Waals surface area contributed by atoms with Gasteiger partial charge in [0.05, 0.1) is 16.5 Å². The fraction of sp³-hybridized carbons (Fsp3) is 0.350. The third-order valence-corrected chi connectivity index (χ3v) is 5.21. The summed E-state index contributed by atoms with van der Waals surface area (Å²) in [6.45, 7) is 1.62. The molecular weight excluding hydrogens is 407 g/mol. The molecule has 10 heteroatoms. The van der Waals surface area contributed by atoms with Crippen LogP contribution in [0.5, 0.6) is 0 Å². The lowest BCUT2D eigenvalue weighted by Crippen LogP contribution is -2.35. The Morgan fingerprint density at radius 3 is 2.57 bits per heavy atom. The lowest BCUT2D eigenvalue weighted by molar-refractivity contribution is -0.137. The predicted octanol–water partition coefficient (Wildman–Crippen LogP) is 4.49. The van der Waals surface area contributed by atoms with Crippen LogP contribution < -0.4 is 10.9 Å². The standard InChI is InChI=1S/C20H17F5N4O/c1-11-27-15-8-16(30)29(19(5-6-19)18(21)22)10-14(15)17(28-11)26-9-12-3-2-4-13(7-12)20(23,24)25/h2-4,7-8,10,18H,5-6,9H2,1H3,(H,26,27,28). The van der Waals surface area contributed by atoms with Crippen LogP contribution in [0.4, 0.5) is 27.8 Å². The molecule has 1 N–H and O–H groups in total. The summed E-state index contributed by atoms with van der Waals surface area (Å²) in [5.41, 5.74) is -2.22. The molecule has 4 rings (SSSR count). The number of hydrogen-bond acceptors (Lipinski definition) is 4. The second kappa shape index (κ2) is 7.03. The topological polar surface area (TPSA) is 59.8 Å². The van der Waals surface area contributed by atoms with Crippen LogP contribution in [0.3, 0.4) is 0 Å². The van der Waals surface area contributed by atoms with Crippen LogP contribution in [-0.2, 0) is 18.3 Å². The van der Waals surface area contributed by atoms with Crippen LogP contribution in [0.25, 0.3) is 10.9 Å². The smallest absolute Gasteiger partial charge is 0.365 e. The van der Waals surface area contributed by atoms with Gasteiger partial charge in [-0.05, 0) is 37.5 Å². The predicted molar refractivity (Wildman–Crippen MR) is 101 cm³/mol. The molecular formula is C20H17F5N4O. The summed E-state index contributed by atoms with van der Waals surface area (Å²) in [7, 11) is 0. The van der Waals surface area contributed by atoms with Gasteiger partial charge < -0.3 is 9.88 Å². The molecule has 1 saturated carbocycles.